The topological polar surface area (TPSA) is 95.1 Å². The Morgan fingerprint density at radius 2 is 1.96 bits per heavy atom. The number of likely N-dealkylation sites (N-methyl/N-ethyl adjacent to an activating group) is 1. The first-order valence-corrected chi connectivity index (χ1v) is 9.43. The molecule has 0 radical (unpaired) electrons. The fourth-order valence-corrected chi connectivity index (χ4v) is 3.90. The van der Waals surface area contributed by atoms with Crippen LogP contribution in [0.3, 0.4) is 0 Å². The highest BCUT2D eigenvalue weighted by Crippen LogP contribution is 2.30. The van der Waals surface area contributed by atoms with E-state index in [-0.39, 0.29) is 5.54 Å². The van der Waals surface area contributed by atoms with Crippen LogP contribution in [-0.4, -0.2) is 65.0 Å². The molecule has 0 aliphatic carbocycles. The van der Waals surface area contributed by atoms with Gasteiger partial charge in [0.25, 0.3) is 0 Å². The molecule has 1 aliphatic rings. The van der Waals surface area contributed by atoms with Crippen molar-refractivity contribution in [2.24, 2.45) is 12.8 Å². The summed E-state index contributed by atoms with van der Waals surface area (Å²) in [6, 6.07) is 1.97. The second kappa shape index (κ2) is 6.25. The van der Waals surface area contributed by atoms with Gasteiger partial charge in [0.05, 0.1) is 23.7 Å². The van der Waals surface area contributed by atoms with Gasteiger partial charge in [-0.1, -0.05) is 6.92 Å². The van der Waals surface area contributed by atoms with Gasteiger partial charge in [-0.15, -0.1) is 0 Å². The Bertz CT molecular complexity index is 1130. The Kier molecular flexibility index (Phi) is 3.81. The van der Waals surface area contributed by atoms with Gasteiger partial charge in [-0.25, -0.2) is 9.97 Å². The van der Waals surface area contributed by atoms with E-state index in [1.807, 2.05) is 47.0 Å². The average molecular weight is 377 g/mol. The lowest BCUT2D eigenvalue weighted by Gasteiger charge is -2.49. The Morgan fingerprint density at radius 3 is 2.68 bits per heavy atom. The number of nitrogens with zero attached hydrogens (tertiary/aromatic N) is 8. The summed E-state index contributed by atoms with van der Waals surface area (Å²) in [5.41, 5.74) is 9.55. The molecule has 28 heavy (non-hydrogen) atoms. The first-order valence-electron chi connectivity index (χ1n) is 9.43. The summed E-state index contributed by atoms with van der Waals surface area (Å²) in [6.07, 6.45) is 11.4. The molecule has 1 fully saturated rings. The Morgan fingerprint density at radius 1 is 1.14 bits per heavy atom. The van der Waals surface area contributed by atoms with Crippen molar-refractivity contribution in [1.82, 2.24) is 38.8 Å². The van der Waals surface area contributed by atoms with Crippen molar-refractivity contribution >= 4 is 5.65 Å². The molecule has 5 heterocycles. The summed E-state index contributed by atoms with van der Waals surface area (Å²) in [6.45, 7) is 5.60. The van der Waals surface area contributed by atoms with E-state index in [0.717, 1.165) is 47.9 Å². The molecule has 2 N–H and O–H groups in total. The predicted molar refractivity (Wildman–Crippen MR) is 106 cm³/mol. The van der Waals surface area contributed by atoms with E-state index in [1.54, 1.807) is 10.9 Å². The first kappa shape index (κ1) is 17.1. The summed E-state index contributed by atoms with van der Waals surface area (Å²) in [4.78, 5) is 11.7. The lowest BCUT2D eigenvalue weighted by Crippen LogP contribution is -2.66. The van der Waals surface area contributed by atoms with Gasteiger partial charge in [0.1, 0.15) is 17.0 Å². The maximum absolute atomic E-state index is 6.11. The standard InChI is InChI=1S/C19H23N9/c1-3-26-12-19(11-20,13-26)28-10-15(8-23-28)18-24-16(14-7-22-25(2)9-14)6-17-21-4-5-27(17)18/h4-10H,3,11-13,20H2,1-2H3. The molecule has 9 nitrogen and oxygen atoms in total. The van der Waals surface area contributed by atoms with E-state index in [0.29, 0.717) is 6.54 Å². The molecule has 144 valence electrons. The van der Waals surface area contributed by atoms with Crippen LogP contribution in [0.5, 0.6) is 0 Å². The smallest absolute Gasteiger partial charge is 0.149 e. The first-order chi connectivity index (χ1) is 13.6. The third kappa shape index (κ3) is 2.54. The van der Waals surface area contributed by atoms with Crippen molar-refractivity contribution < 1.29 is 0 Å². The number of hydrogen-bond donors (Lipinski definition) is 1. The quantitative estimate of drug-likeness (QED) is 0.557. The number of rotatable bonds is 5. The maximum Gasteiger partial charge on any atom is 0.149 e. The summed E-state index contributed by atoms with van der Waals surface area (Å²) < 4.78 is 5.76. The van der Waals surface area contributed by atoms with Gasteiger partial charge in [0.15, 0.2) is 0 Å². The van der Waals surface area contributed by atoms with Crippen LogP contribution in [0.1, 0.15) is 6.92 Å². The van der Waals surface area contributed by atoms with Crippen molar-refractivity contribution in [2.45, 2.75) is 12.5 Å². The lowest BCUT2D eigenvalue weighted by atomic mass is 9.90. The molecular formula is C19H23N9. The van der Waals surface area contributed by atoms with Crippen LogP contribution >= 0.6 is 0 Å². The normalized spacial score (nSPS) is 16.5. The molecule has 0 saturated carbocycles. The van der Waals surface area contributed by atoms with Crippen LogP contribution in [-0.2, 0) is 12.6 Å². The number of aryl methyl sites for hydroxylation is 1. The number of nitrogens with two attached hydrogens (primary N) is 1. The fraction of sp³-hybridized carbons (Fsp3) is 0.368. The SMILES string of the molecule is CCN1CC(CN)(n2cc(-c3nc(-c4cnn(C)c4)cc4nccn34)cn2)C1. The summed E-state index contributed by atoms with van der Waals surface area (Å²) in [5.74, 6) is 0.805. The van der Waals surface area contributed by atoms with Crippen LogP contribution in [0.4, 0.5) is 0 Å². The molecule has 1 aliphatic heterocycles. The summed E-state index contributed by atoms with van der Waals surface area (Å²) >= 11 is 0. The van der Waals surface area contributed by atoms with Crippen LogP contribution in [0.2, 0.25) is 0 Å². The van der Waals surface area contributed by atoms with Crippen LogP contribution in [0.25, 0.3) is 28.3 Å². The van der Waals surface area contributed by atoms with Crippen molar-refractivity contribution in [1.29, 1.82) is 0 Å². The van der Waals surface area contributed by atoms with Crippen LogP contribution < -0.4 is 5.73 Å². The number of aromatic nitrogens is 7. The molecule has 0 atom stereocenters. The lowest BCUT2D eigenvalue weighted by molar-refractivity contribution is 0.0131. The number of imidazole rings is 1. The molecule has 0 amide bonds. The molecule has 0 aromatic carbocycles. The average Bonchev–Trinajstić information content (AvgIpc) is 3.41. The van der Waals surface area contributed by atoms with Crippen LogP contribution in [0.15, 0.2) is 43.2 Å². The van der Waals surface area contributed by atoms with Gasteiger partial charge in [-0.05, 0) is 6.54 Å². The summed E-state index contributed by atoms with van der Waals surface area (Å²) in [5, 5.41) is 8.90. The zero-order valence-electron chi connectivity index (χ0n) is 16.0. The number of hydrogen-bond acceptors (Lipinski definition) is 6. The van der Waals surface area contributed by atoms with Crippen molar-refractivity contribution in [3.63, 3.8) is 0 Å². The van der Waals surface area contributed by atoms with Gasteiger partial charge in [-0.2, -0.15) is 10.2 Å². The van der Waals surface area contributed by atoms with Crippen molar-refractivity contribution in [3.05, 3.63) is 43.2 Å². The third-order valence-corrected chi connectivity index (χ3v) is 5.58. The molecule has 1 saturated heterocycles. The monoisotopic (exact) mass is 377 g/mol. The van der Waals surface area contributed by atoms with Crippen LogP contribution in [0, 0.1) is 0 Å². The highest BCUT2D eigenvalue weighted by atomic mass is 15.4. The molecule has 0 unspecified atom stereocenters. The fourth-order valence-electron chi connectivity index (χ4n) is 3.90. The van der Waals surface area contributed by atoms with Crippen molar-refractivity contribution in [3.8, 4) is 22.6 Å². The molecule has 5 rings (SSSR count). The molecular weight excluding hydrogens is 354 g/mol. The molecule has 9 heteroatoms. The van der Waals surface area contributed by atoms with Gasteiger partial charge in [0.2, 0.25) is 0 Å². The zero-order valence-corrected chi connectivity index (χ0v) is 16.0. The molecule has 4 aromatic rings. The van der Waals surface area contributed by atoms with Crippen molar-refractivity contribution in [2.75, 3.05) is 26.2 Å². The van der Waals surface area contributed by atoms with E-state index >= 15 is 0 Å². The summed E-state index contributed by atoms with van der Waals surface area (Å²) in [7, 11) is 1.90. The Balaban J connectivity index is 1.58. The van der Waals surface area contributed by atoms with E-state index in [1.165, 1.54) is 0 Å². The van der Waals surface area contributed by atoms with E-state index < -0.39 is 0 Å². The third-order valence-electron chi connectivity index (χ3n) is 5.58. The van der Waals surface area contributed by atoms with E-state index in [4.69, 9.17) is 10.7 Å². The van der Waals surface area contributed by atoms with Gasteiger partial charge in [-0.3, -0.25) is 18.7 Å². The van der Waals surface area contributed by atoms with Gasteiger partial charge >= 0.3 is 0 Å². The Hall–Kier alpha value is -3.04. The minimum Gasteiger partial charge on any atom is -0.328 e. The minimum absolute atomic E-state index is 0.136. The molecule has 0 bridgehead atoms. The van der Waals surface area contributed by atoms with Gasteiger partial charge in [0, 0.05) is 63.1 Å². The predicted octanol–water partition coefficient (Wildman–Crippen LogP) is 0.983. The second-order valence-electron chi connectivity index (χ2n) is 7.43. The number of likely N-dealkylation sites (tertiary alicyclic amines) is 1. The molecule has 4 aromatic heterocycles. The zero-order chi connectivity index (χ0) is 19.3. The highest BCUT2D eigenvalue weighted by Gasteiger charge is 2.43. The largest absolute Gasteiger partial charge is 0.328 e. The number of fused-ring (bicyclic) bond motifs is 1. The maximum atomic E-state index is 6.11. The van der Waals surface area contributed by atoms with E-state index in [2.05, 4.69) is 33.2 Å². The highest BCUT2D eigenvalue weighted by molar-refractivity contribution is 5.68. The minimum atomic E-state index is -0.136. The second-order valence-corrected chi connectivity index (χ2v) is 7.43. The van der Waals surface area contributed by atoms with E-state index in [9.17, 15) is 0 Å². The molecule has 0 spiro atoms. The Labute approximate surface area is 162 Å². The van der Waals surface area contributed by atoms with Gasteiger partial charge < -0.3 is 5.73 Å².